The topological polar surface area (TPSA) is 132 Å². The molecule has 5 N–H and O–H groups in total. The molecule has 1 aliphatic heterocycles. The highest BCUT2D eigenvalue weighted by atomic mass is 35.5. The van der Waals surface area contributed by atoms with Gasteiger partial charge in [0.1, 0.15) is 24.4 Å². The first-order valence-electron chi connectivity index (χ1n) is 7.61. The molecule has 0 saturated carbocycles. The number of rotatable bonds is 11. The van der Waals surface area contributed by atoms with Gasteiger partial charge in [0.2, 0.25) is 0 Å². The number of aliphatic hydroxyl groups excluding tert-OH is 4. The van der Waals surface area contributed by atoms with Gasteiger partial charge in [-0.2, -0.15) is 0 Å². The zero-order valence-electron chi connectivity index (χ0n) is 13.4. The summed E-state index contributed by atoms with van der Waals surface area (Å²) in [6.07, 6.45) is -7.72. The molecular weight excluding hydrogens is 421 g/mol. The maximum absolute atomic E-state index is 13.1. The first-order chi connectivity index (χ1) is 11.8. The number of aliphatic hydroxyl groups is 4. The second-order valence-electron chi connectivity index (χ2n) is 5.28. The van der Waals surface area contributed by atoms with Gasteiger partial charge in [-0.1, -0.05) is 0 Å². The van der Waals surface area contributed by atoms with Crippen LogP contribution in [0.2, 0.25) is 0 Å². The molecule has 6 atom stereocenters. The van der Waals surface area contributed by atoms with E-state index in [2.05, 4.69) is 5.09 Å². The summed E-state index contributed by atoms with van der Waals surface area (Å²) in [6.45, 7) is 0.200. The van der Waals surface area contributed by atoms with Crippen molar-refractivity contribution < 1.29 is 34.3 Å². The molecule has 25 heavy (non-hydrogen) atoms. The summed E-state index contributed by atoms with van der Waals surface area (Å²) >= 11 is 17.1. The fourth-order valence-corrected chi connectivity index (χ4v) is 5.02. The van der Waals surface area contributed by atoms with Crippen LogP contribution in [-0.2, 0) is 13.8 Å². The zero-order chi connectivity index (χ0) is 19.0. The number of nitrogens with one attached hydrogen (secondary N) is 1. The highest BCUT2D eigenvalue weighted by Gasteiger charge is 2.44. The number of ether oxygens (including phenoxy) is 1. The predicted molar refractivity (Wildman–Crippen MR) is 94.2 cm³/mol. The van der Waals surface area contributed by atoms with Crippen LogP contribution in [0, 0.1) is 0 Å². The number of halogens is 3. The van der Waals surface area contributed by atoms with Gasteiger partial charge in [0.05, 0.1) is 6.61 Å². The quantitative estimate of drug-likeness (QED) is 0.211. The Morgan fingerprint density at radius 1 is 1.00 bits per heavy atom. The molecule has 6 unspecified atom stereocenters. The molecule has 9 nitrogen and oxygen atoms in total. The summed E-state index contributed by atoms with van der Waals surface area (Å²) in [4.78, 5) is 0. The second kappa shape index (κ2) is 11.6. The molecule has 0 radical (unpaired) electrons. The highest BCUT2D eigenvalue weighted by molar-refractivity contribution is 7.54. The van der Waals surface area contributed by atoms with Crippen LogP contribution in [0.4, 0.5) is 0 Å². The average Bonchev–Trinajstić information content (AvgIpc) is 2.60. The van der Waals surface area contributed by atoms with Crippen molar-refractivity contribution in [3.63, 3.8) is 0 Å². The minimum absolute atomic E-state index is 0.176. The van der Waals surface area contributed by atoms with Gasteiger partial charge in [-0.05, 0) is 0 Å². The molecule has 150 valence electrons. The first-order valence-corrected chi connectivity index (χ1v) is 10.8. The third-order valence-corrected chi connectivity index (χ3v) is 6.36. The van der Waals surface area contributed by atoms with Gasteiger partial charge < -0.3 is 29.7 Å². The van der Waals surface area contributed by atoms with Crippen LogP contribution in [0.25, 0.3) is 0 Å². The fourth-order valence-electron chi connectivity index (χ4n) is 2.22. The van der Waals surface area contributed by atoms with Crippen molar-refractivity contribution in [1.29, 1.82) is 0 Å². The monoisotopic (exact) mass is 444 g/mol. The Labute approximate surface area is 161 Å². The maximum Gasteiger partial charge on any atom is 0.343 e. The molecular formula is C12H24Cl3N2O7P. The van der Waals surface area contributed by atoms with E-state index in [4.69, 9.17) is 44.1 Å². The number of nitrogens with zero attached hydrogens (tertiary/aromatic N) is 1. The molecule has 0 aromatic rings. The van der Waals surface area contributed by atoms with Crippen molar-refractivity contribution >= 4 is 42.5 Å². The molecule has 0 spiro atoms. The van der Waals surface area contributed by atoms with Crippen LogP contribution in [0.3, 0.4) is 0 Å². The normalized spacial score (nSPS) is 32.7. The molecule has 0 aromatic heterocycles. The lowest BCUT2D eigenvalue weighted by Crippen LogP contribution is -2.58. The molecule has 1 saturated heterocycles. The number of hydrogen-bond donors (Lipinski definition) is 5. The summed E-state index contributed by atoms with van der Waals surface area (Å²) in [6, 6.07) is 0. The minimum Gasteiger partial charge on any atom is -0.387 e. The second-order valence-corrected chi connectivity index (χ2v) is 8.60. The lowest BCUT2D eigenvalue weighted by Gasteiger charge is -2.39. The molecule has 1 aliphatic rings. The SMILES string of the molecule is O=P(NCCCl)(OCC1OC(O)C(O)C(O)C1O)N(CCCl)CCCl. The van der Waals surface area contributed by atoms with Gasteiger partial charge in [-0.15, -0.1) is 34.8 Å². The van der Waals surface area contributed by atoms with Gasteiger partial charge in [0.25, 0.3) is 0 Å². The van der Waals surface area contributed by atoms with Gasteiger partial charge in [0.15, 0.2) is 6.29 Å². The highest BCUT2D eigenvalue weighted by Crippen LogP contribution is 2.46. The van der Waals surface area contributed by atoms with Crippen LogP contribution in [0.15, 0.2) is 0 Å². The van der Waals surface area contributed by atoms with E-state index >= 15 is 0 Å². The first kappa shape index (κ1) is 23.8. The Kier molecular flexibility index (Phi) is 11.0. The third-order valence-electron chi connectivity index (χ3n) is 3.56. The van der Waals surface area contributed by atoms with Crippen molar-refractivity contribution in [2.45, 2.75) is 30.7 Å². The Hall–Kier alpha value is 0.780. The van der Waals surface area contributed by atoms with Crippen LogP contribution < -0.4 is 5.09 Å². The van der Waals surface area contributed by atoms with Crippen molar-refractivity contribution in [3.05, 3.63) is 0 Å². The van der Waals surface area contributed by atoms with Crippen LogP contribution >= 0.6 is 42.5 Å². The van der Waals surface area contributed by atoms with Gasteiger partial charge in [-0.3, -0.25) is 4.57 Å². The molecule has 0 bridgehead atoms. The Morgan fingerprint density at radius 2 is 1.60 bits per heavy atom. The summed E-state index contributed by atoms with van der Waals surface area (Å²) in [7, 11) is -3.61. The standard InChI is InChI=1S/C12H24Cl3N2O7P/c13-1-4-16-25(22,17(5-2-14)6-3-15)23-7-8-9(18)10(19)11(20)12(21)24-8/h8-12,18-21H,1-7H2,(H,16,22). The van der Waals surface area contributed by atoms with Crippen molar-refractivity contribution in [3.8, 4) is 0 Å². The van der Waals surface area contributed by atoms with Crippen molar-refractivity contribution in [1.82, 2.24) is 9.76 Å². The van der Waals surface area contributed by atoms with Gasteiger partial charge >= 0.3 is 7.67 Å². The van der Waals surface area contributed by atoms with E-state index in [1.54, 1.807) is 0 Å². The Morgan fingerprint density at radius 3 is 2.12 bits per heavy atom. The number of hydrogen-bond acceptors (Lipinski definition) is 7. The van der Waals surface area contributed by atoms with E-state index in [-0.39, 0.29) is 37.3 Å². The molecule has 1 rings (SSSR count). The van der Waals surface area contributed by atoms with Crippen molar-refractivity contribution in [2.24, 2.45) is 0 Å². The smallest absolute Gasteiger partial charge is 0.343 e. The van der Waals surface area contributed by atoms with Gasteiger partial charge in [0, 0.05) is 37.3 Å². The minimum atomic E-state index is -3.61. The summed E-state index contributed by atoms with van der Waals surface area (Å²) in [5.74, 6) is 0.535. The van der Waals surface area contributed by atoms with E-state index in [0.29, 0.717) is 0 Å². The summed E-state index contributed by atoms with van der Waals surface area (Å²) in [5, 5.41) is 41.3. The molecule has 1 heterocycles. The Bertz CT molecular complexity index is 434. The van der Waals surface area contributed by atoms with Crippen LogP contribution in [-0.4, -0.2) is 99.7 Å². The van der Waals surface area contributed by atoms with E-state index in [1.807, 2.05) is 0 Å². The Balaban J connectivity index is 2.82. The molecule has 1 fully saturated rings. The zero-order valence-corrected chi connectivity index (χ0v) is 16.5. The predicted octanol–water partition coefficient (Wildman–Crippen LogP) is -0.481. The average molecular weight is 446 g/mol. The third kappa shape index (κ3) is 6.71. The largest absolute Gasteiger partial charge is 0.387 e. The van der Waals surface area contributed by atoms with Gasteiger partial charge in [-0.25, -0.2) is 9.76 Å². The number of alkyl halides is 3. The van der Waals surface area contributed by atoms with Crippen LogP contribution in [0.5, 0.6) is 0 Å². The van der Waals surface area contributed by atoms with Crippen LogP contribution in [0.1, 0.15) is 0 Å². The fraction of sp³-hybridized carbons (Fsp3) is 1.00. The van der Waals surface area contributed by atoms with E-state index in [9.17, 15) is 25.0 Å². The van der Waals surface area contributed by atoms with E-state index in [1.165, 1.54) is 4.67 Å². The lowest BCUT2D eigenvalue weighted by atomic mass is 10.00. The van der Waals surface area contributed by atoms with Crippen molar-refractivity contribution in [2.75, 3.05) is 43.9 Å². The van der Waals surface area contributed by atoms with E-state index < -0.39 is 45.0 Å². The van der Waals surface area contributed by atoms with E-state index in [0.717, 1.165) is 0 Å². The summed E-state index contributed by atoms with van der Waals surface area (Å²) < 4.78 is 25.0. The molecule has 0 amide bonds. The molecule has 13 heteroatoms. The summed E-state index contributed by atoms with van der Waals surface area (Å²) in [5.41, 5.74) is 0. The maximum atomic E-state index is 13.1. The molecule has 0 aliphatic carbocycles. The lowest BCUT2D eigenvalue weighted by molar-refractivity contribution is -0.285. The molecule has 0 aromatic carbocycles.